The van der Waals surface area contributed by atoms with Gasteiger partial charge >= 0.3 is 6.18 Å². The van der Waals surface area contributed by atoms with Crippen molar-refractivity contribution in [2.24, 2.45) is 0 Å². The second-order valence-corrected chi connectivity index (χ2v) is 7.74. The van der Waals surface area contributed by atoms with Crippen molar-refractivity contribution < 1.29 is 58.2 Å². The molecule has 0 radical (unpaired) electrons. The zero-order valence-electron chi connectivity index (χ0n) is 19.6. The van der Waals surface area contributed by atoms with E-state index in [-0.39, 0.29) is 5.69 Å². The fraction of sp³-hybridized carbons (Fsp3) is 0.571. The van der Waals surface area contributed by atoms with E-state index in [0.717, 1.165) is 18.7 Å². The smallest absolute Gasteiger partial charge is 0.395 e. The fourth-order valence-electron chi connectivity index (χ4n) is 3.55. The zero-order valence-corrected chi connectivity index (χ0v) is 19.6. The molecule has 8 N–H and O–H groups in total. The molecular formula is C21H30F3N3O9. The molecule has 0 saturated heterocycles. The van der Waals surface area contributed by atoms with Crippen LogP contribution in [0.2, 0.25) is 0 Å². The predicted molar refractivity (Wildman–Crippen MR) is 118 cm³/mol. The van der Waals surface area contributed by atoms with E-state index in [1.807, 2.05) is 10.6 Å². The number of nitrogens with zero attached hydrogens (tertiary/aromatic N) is 1. The number of amides is 3. The van der Waals surface area contributed by atoms with Crippen LogP contribution in [0.5, 0.6) is 0 Å². The lowest BCUT2D eigenvalue weighted by Gasteiger charge is -2.30. The molecule has 15 heteroatoms. The van der Waals surface area contributed by atoms with Gasteiger partial charge in [-0.3, -0.25) is 14.4 Å². The Morgan fingerprint density at radius 2 is 1.28 bits per heavy atom. The number of hydrogen-bond acceptors (Lipinski definition) is 9. The molecule has 1 aromatic rings. The third kappa shape index (κ3) is 7.35. The largest absolute Gasteiger partial charge is 0.417 e. The van der Waals surface area contributed by atoms with Gasteiger partial charge in [0.2, 0.25) is 0 Å². The van der Waals surface area contributed by atoms with E-state index in [1.54, 1.807) is 0 Å². The Kier molecular flexibility index (Phi) is 11.7. The van der Waals surface area contributed by atoms with Gasteiger partial charge < -0.3 is 46.2 Å². The number of carbonyl (C=O) groups excluding carboxylic acids is 3. The van der Waals surface area contributed by atoms with Gasteiger partial charge in [-0.05, 0) is 25.0 Å². The Hall–Kier alpha value is -2.82. The Balaban J connectivity index is 4.03. The summed E-state index contributed by atoms with van der Waals surface area (Å²) in [5.74, 6) is -3.82. The SMILES string of the molecule is Cc1c(C(=O)NCC(O)CO)c(C(F)(F)F)c(C(=O)NCC(O)CO)c(C)c1N(CCO)C(=O)CO. The van der Waals surface area contributed by atoms with E-state index in [2.05, 4.69) is 0 Å². The first-order valence-electron chi connectivity index (χ1n) is 10.7. The Labute approximate surface area is 204 Å². The van der Waals surface area contributed by atoms with Crippen molar-refractivity contribution in [3.63, 3.8) is 0 Å². The van der Waals surface area contributed by atoms with Crippen molar-refractivity contribution in [3.05, 3.63) is 27.8 Å². The van der Waals surface area contributed by atoms with Gasteiger partial charge in [0.05, 0.1) is 54.4 Å². The second-order valence-electron chi connectivity index (χ2n) is 7.74. The maximum absolute atomic E-state index is 14.3. The van der Waals surface area contributed by atoms with Gasteiger partial charge in [0.25, 0.3) is 17.7 Å². The number of benzene rings is 1. The van der Waals surface area contributed by atoms with Gasteiger partial charge in [-0.15, -0.1) is 0 Å². The summed E-state index contributed by atoms with van der Waals surface area (Å²) >= 11 is 0. The van der Waals surface area contributed by atoms with Gasteiger partial charge in [0, 0.05) is 19.6 Å². The lowest BCUT2D eigenvalue weighted by molar-refractivity contribution is -0.138. The van der Waals surface area contributed by atoms with E-state index >= 15 is 0 Å². The summed E-state index contributed by atoms with van der Waals surface area (Å²) in [7, 11) is 0. The first-order chi connectivity index (χ1) is 16.8. The van der Waals surface area contributed by atoms with E-state index in [4.69, 9.17) is 10.2 Å². The minimum Gasteiger partial charge on any atom is -0.395 e. The molecule has 1 aromatic carbocycles. The summed E-state index contributed by atoms with van der Waals surface area (Å²) in [4.78, 5) is 38.9. The summed E-state index contributed by atoms with van der Waals surface area (Å²) in [6, 6.07) is 0. The normalized spacial score (nSPS) is 13.2. The average molecular weight is 525 g/mol. The molecule has 3 amide bonds. The zero-order chi connectivity index (χ0) is 27.8. The van der Waals surface area contributed by atoms with E-state index < -0.39 is 110 Å². The number of aliphatic hydroxyl groups is 6. The van der Waals surface area contributed by atoms with Gasteiger partial charge in [0.1, 0.15) is 6.61 Å². The molecule has 0 aromatic heterocycles. The van der Waals surface area contributed by atoms with Crippen LogP contribution in [0.4, 0.5) is 18.9 Å². The lowest BCUT2D eigenvalue weighted by Crippen LogP contribution is -2.41. The van der Waals surface area contributed by atoms with Gasteiger partial charge in [-0.2, -0.15) is 13.2 Å². The number of alkyl halides is 3. The molecule has 0 saturated carbocycles. The maximum Gasteiger partial charge on any atom is 0.417 e. The van der Waals surface area contributed by atoms with Gasteiger partial charge in [-0.1, -0.05) is 0 Å². The van der Waals surface area contributed by atoms with Crippen LogP contribution in [0, 0.1) is 13.8 Å². The first kappa shape index (κ1) is 31.2. The molecule has 0 aliphatic heterocycles. The highest BCUT2D eigenvalue weighted by atomic mass is 19.4. The minimum absolute atomic E-state index is 0.350. The molecule has 1 rings (SSSR count). The minimum atomic E-state index is -5.29. The van der Waals surface area contributed by atoms with Crippen LogP contribution >= 0.6 is 0 Å². The number of hydrogen-bond donors (Lipinski definition) is 8. The monoisotopic (exact) mass is 525 g/mol. The average Bonchev–Trinajstić information content (AvgIpc) is 2.83. The predicted octanol–water partition coefficient (Wildman–Crippen LogP) is -2.19. The molecule has 0 fully saturated rings. The Morgan fingerprint density at radius 3 is 1.58 bits per heavy atom. The quantitative estimate of drug-likeness (QED) is 0.149. The summed E-state index contributed by atoms with van der Waals surface area (Å²) in [5, 5.41) is 59.7. The fourth-order valence-corrected chi connectivity index (χ4v) is 3.55. The van der Waals surface area contributed by atoms with Crippen LogP contribution < -0.4 is 15.5 Å². The van der Waals surface area contributed by atoms with Crippen LogP contribution in [-0.4, -0.2) is 107 Å². The van der Waals surface area contributed by atoms with Crippen LogP contribution in [0.3, 0.4) is 0 Å². The maximum atomic E-state index is 14.3. The molecular weight excluding hydrogens is 495 g/mol. The van der Waals surface area contributed by atoms with Crippen molar-refractivity contribution in [2.75, 3.05) is 51.0 Å². The standard InChI is InChI=1S/C21H30F3N3O9/c1-10-15(19(35)25-5-12(32)7-29)17(21(22,23)24)16(20(36)26-6-13(33)8-30)11(2)18(10)27(3-4-28)14(34)9-31/h12-13,28-33H,3-9H2,1-2H3,(H,25,35)(H,26,36). The van der Waals surface area contributed by atoms with Crippen molar-refractivity contribution in [2.45, 2.75) is 32.2 Å². The molecule has 2 unspecified atom stereocenters. The highest BCUT2D eigenvalue weighted by Gasteiger charge is 2.43. The number of aliphatic hydroxyl groups excluding tert-OH is 6. The molecule has 0 aliphatic carbocycles. The third-order valence-electron chi connectivity index (χ3n) is 5.15. The summed E-state index contributed by atoms with van der Waals surface area (Å²) in [6.07, 6.45) is -8.29. The topological polar surface area (TPSA) is 200 Å². The van der Waals surface area contributed by atoms with Crippen LogP contribution in [0.1, 0.15) is 37.4 Å². The van der Waals surface area contributed by atoms with Crippen LogP contribution in [-0.2, 0) is 11.0 Å². The molecule has 0 bridgehead atoms. The molecule has 2 atom stereocenters. The molecule has 0 heterocycles. The number of anilines is 1. The summed E-state index contributed by atoms with van der Waals surface area (Å²) in [6.45, 7) is -3.04. The summed E-state index contributed by atoms with van der Waals surface area (Å²) in [5.41, 5.74) is -5.01. The van der Waals surface area contributed by atoms with E-state index in [9.17, 15) is 48.0 Å². The van der Waals surface area contributed by atoms with Crippen molar-refractivity contribution in [1.82, 2.24) is 10.6 Å². The molecule has 36 heavy (non-hydrogen) atoms. The molecule has 204 valence electrons. The van der Waals surface area contributed by atoms with Crippen molar-refractivity contribution in [3.8, 4) is 0 Å². The highest BCUT2D eigenvalue weighted by molar-refractivity contribution is 6.08. The van der Waals surface area contributed by atoms with Crippen LogP contribution in [0.15, 0.2) is 0 Å². The Morgan fingerprint density at radius 1 is 0.861 bits per heavy atom. The number of rotatable bonds is 12. The molecule has 0 spiro atoms. The lowest BCUT2D eigenvalue weighted by atomic mass is 9.88. The van der Waals surface area contributed by atoms with E-state index in [0.29, 0.717) is 0 Å². The molecule has 0 aliphatic rings. The first-order valence-corrected chi connectivity index (χ1v) is 10.7. The summed E-state index contributed by atoms with van der Waals surface area (Å²) < 4.78 is 43.0. The third-order valence-corrected chi connectivity index (χ3v) is 5.15. The second kappa shape index (κ2) is 13.5. The number of carbonyl (C=O) groups is 3. The van der Waals surface area contributed by atoms with Gasteiger partial charge in [0.15, 0.2) is 0 Å². The number of nitrogens with one attached hydrogen (secondary N) is 2. The van der Waals surface area contributed by atoms with Crippen molar-refractivity contribution in [1.29, 1.82) is 0 Å². The van der Waals surface area contributed by atoms with E-state index in [1.165, 1.54) is 0 Å². The van der Waals surface area contributed by atoms with Gasteiger partial charge in [-0.25, -0.2) is 0 Å². The number of halogens is 3. The Bertz CT molecular complexity index is 904. The van der Waals surface area contributed by atoms with Crippen LogP contribution in [0.25, 0.3) is 0 Å². The highest BCUT2D eigenvalue weighted by Crippen LogP contribution is 2.42. The molecule has 12 nitrogen and oxygen atoms in total. The van der Waals surface area contributed by atoms with Crippen molar-refractivity contribution >= 4 is 23.4 Å².